The van der Waals surface area contributed by atoms with Crippen LogP contribution in [0.25, 0.3) is 0 Å². The first kappa shape index (κ1) is 21.4. The molecule has 150 valence electrons. The first-order valence-corrected chi connectivity index (χ1v) is 9.57. The third kappa shape index (κ3) is 5.61. The van der Waals surface area contributed by atoms with Gasteiger partial charge in [-0.2, -0.15) is 0 Å². The number of hydrogen-bond donors (Lipinski definition) is 2. The van der Waals surface area contributed by atoms with Crippen LogP contribution >= 0.6 is 46.4 Å². The number of carbonyl (C=O) groups is 1. The van der Waals surface area contributed by atoms with Gasteiger partial charge in [0.05, 0.1) is 16.5 Å². The van der Waals surface area contributed by atoms with Crippen molar-refractivity contribution in [2.45, 2.75) is 6.42 Å². The van der Waals surface area contributed by atoms with E-state index in [2.05, 4.69) is 0 Å². The van der Waals surface area contributed by atoms with Gasteiger partial charge in [0, 0.05) is 16.1 Å². The van der Waals surface area contributed by atoms with Crippen LogP contribution in [0, 0.1) is 0 Å². The van der Waals surface area contributed by atoms with Gasteiger partial charge in [-0.25, -0.2) is 0 Å². The van der Waals surface area contributed by atoms with Crippen molar-refractivity contribution in [2.75, 3.05) is 0 Å². The molecular formula is C20H12Cl4O5. The molecule has 0 bridgehead atoms. The fraction of sp³-hybridized carbons (Fsp3) is 0.0500. The summed E-state index contributed by atoms with van der Waals surface area (Å²) in [4.78, 5) is 10.9. The fourth-order valence-electron chi connectivity index (χ4n) is 2.46. The lowest BCUT2D eigenvalue weighted by Crippen LogP contribution is -2.00. The van der Waals surface area contributed by atoms with Crippen LogP contribution in [0.2, 0.25) is 20.1 Å². The highest BCUT2D eigenvalue weighted by Crippen LogP contribution is 2.41. The van der Waals surface area contributed by atoms with Crippen LogP contribution in [0.4, 0.5) is 0 Å². The van der Waals surface area contributed by atoms with E-state index >= 15 is 0 Å². The molecule has 0 aliphatic carbocycles. The van der Waals surface area contributed by atoms with E-state index in [1.165, 1.54) is 42.5 Å². The largest absolute Gasteiger partial charge is 0.504 e. The summed E-state index contributed by atoms with van der Waals surface area (Å²) in [5.41, 5.74) is 0.437. The third-order valence-electron chi connectivity index (χ3n) is 3.63. The number of aromatic hydroxyl groups is 1. The maximum absolute atomic E-state index is 10.9. The fourth-order valence-corrected chi connectivity index (χ4v) is 3.57. The van der Waals surface area contributed by atoms with E-state index in [-0.39, 0.29) is 39.5 Å². The third-order valence-corrected chi connectivity index (χ3v) is 4.63. The molecule has 0 aliphatic heterocycles. The van der Waals surface area contributed by atoms with Crippen LogP contribution in [0.1, 0.15) is 5.56 Å². The summed E-state index contributed by atoms with van der Waals surface area (Å²) in [6.07, 6.45) is -0.223. The van der Waals surface area contributed by atoms with Crippen molar-refractivity contribution in [3.05, 3.63) is 74.2 Å². The Morgan fingerprint density at radius 3 is 2.03 bits per heavy atom. The average molecular weight is 474 g/mol. The number of phenols is 1. The minimum Gasteiger partial charge on any atom is -0.504 e. The molecule has 0 fully saturated rings. The van der Waals surface area contributed by atoms with Gasteiger partial charge in [0.15, 0.2) is 17.2 Å². The zero-order chi connectivity index (χ0) is 21.1. The summed E-state index contributed by atoms with van der Waals surface area (Å²) in [5, 5.41) is 20.0. The van der Waals surface area contributed by atoms with E-state index in [0.717, 1.165) is 0 Å². The SMILES string of the molecule is O=C(O)Cc1cc(Cl)c(Oc2ccc(O)c(Oc3cc(Cl)cc(Cl)c3)c2)c(Cl)c1. The predicted octanol–water partition coefficient (Wildman–Crippen LogP) is 7.22. The Bertz CT molecular complexity index is 1040. The molecular weight excluding hydrogens is 462 g/mol. The minimum absolute atomic E-state index is 0.0931. The molecule has 2 N–H and O–H groups in total. The van der Waals surface area contributed by atoms with Gasteiger partial charge >= 0.3 is 5.97 Å². The quantitative estimate of drug-likeness (QED) is 0.395. The Hall–Kier alpha value is -2.31. The summed E-state index contributed by atoms with van der Waals surface area (Å²) >= 11 is 24.3. The number of hydrogen-bond acceptors (Lipinski definition) is 4. The number of rotatable bonds is 6. The van der Waals surface area contributed by atoms with E-state index in [0.29, 0.717) is 21.4 Å². The molecule has 0 unspecified atom stereocenters. The highest BCUT2D eigenvalue weighted by atomic mass is 35.5. The molecule has 3 aromatic rings. The Labute approximate surface area is 185 Å². The summed E-state index contributed by atoms with van der Waals surface area (Å²) in [7, 11) is 0. The van der Waals surface area contributed by atoms with Crippen LogP contribution < -0.4 is 9.47 Å². The first-order valence-electron chi connectivity index (χ1n) is 8.06. The lowest BCUT2D eigenvalue weighted by atomic mass is 10.1. The molecule has 29 heavy (non-hydrogen) atoms. The normalized spacial score (nSPS) is 10.6. The Balaban J connectivity index is 1.87. The molecule has 0 amide bonds. The number of phenolic OH excluding ortho intramolecular Hbond substituents is 1. The van der Waals surface area contributed by atoms with Crippen molar-refractivity contribution in [1.29, 1.82) is 0 Å². The van der Waals surface area contributed by atoms with Gasteiger partial charge in [-0.05, 0) is 48.0 Å². The molecule has 0 saturated carbocycles. The number of carboxylic acids is 1. The van der Waals surface area contributed by atoms with Crippen molar-refractivity contribution in [3.63, 3.8) is 0 Å². The van der Waals surface area contributed by atoms with E-state index in [9.17, 15) is 9.90 Å². The van der Waals surface area contributed by atoms with Gasteiger partial charge < -0.3 is 19.7 Å². The van der Waals surface area contributed by atoms with Gasteiger partial charge in [0.1, 0.15) is 11.5 Å². The lowest BCUT2D eigenvalue weighted by Gasteiger charge is -2.13. The van der Waals surface area contributed by atoms with Crippen LogP contribution in [0.15, 0.2) is 48.5 Å². The summed E-state index contributed by atoms with van der Waals surface area (Å²) < 4.78 is 11.4. The topological polar surface area (TPSA) is 76.0 Å². The molecule has 0 aliphatic rings. The molecule has 5 nitrogen and oxygen atoms in total. The Kier molecular flexibility index (Phi) is 6.65. The summed E-state index contributed by atoms with van der Waals surface area (Å²) in [5.74, 6) is -0.306. The second-order valence-corrected chi connectivity index (χ2v) is 7.59. The van der Waals surface area contributed by atoms with E-state index in [4.69, 9.17) is 61.0 Å². The van der Waals surface area contributed by atoms with Gasteiger partial charge in [-0.1, -0.05) is 46.4 Å². The van der Waals surface area contributed by atoms with E-state index in [1.807, 2.05) is 0 Å². The molecule has 0 atom stereocenters. The van der Waals surface area contributed by atoms with Gasteiger partial charge in [-0.15, -0.1) is 0 Å². The standard InChI is InChI=1S/C20H12Cl4O5/c21-11-6-12(22)8-14(7-11)28-18-9-13(1-2-17(18)25)29-20-15(23)3-10(4-16(20)24)5-19(26)27/h1-4,6-9,25H,5H2,(H,26,27). The smallest absolute Gasteiger partial charge is 0.307 e. The number of halogens is 4. The zero-order valence-corrected chi connectivity index (χ0v) is 17.5. The first-order chi connectivity index (χ1) is 13.7. The summed E-state index contributed by atoms with van der Waals surface area (Å²) in [6.45, 7) is 0. The maximum atomic E-state index is 10.9. The minimum atomic E-state index is -1.01. The lowest BCUT2D eigenvalue weighted by molar-refractivity contribution is -0.136. The molecule has 9 heteroatoms. The van der Waals surface area contributed by atoms with Crippen LogP contribution in [-0.4, -0.2) is 16.2 Å². The molecule has 0 saturated heterocycles. The molecule has 3 rings (SSSR count). The number of aliphatic carboxylic acids is 1. The average Bonchev–Trinajstić information content (AvgIpc) is 2.59. The second kappa shape index (κ2) is 9.01. The highest BCUT2D eigenvalue weighted by Gasteiger charge is 2.14. The van der Waals surface area contributed by atoms with Gasteiger partial charge in [0.2, 0.25) is 0 Å². The van der Waals surface area contributed by atoms with Crippen LogP contribution in [0.3, 0.4) is 0 Å². The highest BCUT2D eigenvalue weighted by molar-refractivity contribution is 6.37. The second-order valence-electron chi connectivity index (χ2n) is 5.90. The molecule has 0 heterocycles. The van der Waals surface area contributed by atoms with Crippen molar-refractivity contribution < 1.29 is 24.5 Å². The van der Waals surface area contributed by atoms with Crippen molar-refractivity contribution >= 4 is 52.4 Å². The van der Waals surface area contributed by atoms with Crippen molar-refractivity contribution in [3.8, 4) is 28.7 Å². The maximum Gasteiger partial charge on any atom is 0.307 e. The van der Waals surface area contributed by atoms with E-state index in [1.54, 1.807) is 6.07 Å². The van der Waals surface area contributed by atoms with Crippen LogP contribution in [0.5, 0.6) is 28.7 Å². The van der Waals surface area contributed by atoms with Gasteiger partial charge in [-0.3, -0.25) is 4.79 Å². The number of benzene rings is 3. The number of carboxylic acid groups (broad SMARTS) is 1. The monoisotopic (exact) mass is 472 g/mol. The molecule has 0 aromatic heterocycles. The predicted molar refractivity (Wildman–Crippen MR) is 113 cm³/mol. The van der Waals surface area contributed by atoms with Crippen LogP contribution in [-0.2, 0) is 11.2 Å². The zero-order valence-electron chi connectivity index (χ0n) is 14.5. The van der Waals surface area contributed by atoms with Gasteiger partial charge in [0.25, 0.3) is 0 Å². The summed E-state index contributed by atoms with van der Waals surface area (Å²) in [6, 6.07) is 11.8. The number of ether oxygens (including phenoxy) is 2. The van der Waals surface area contributed by atoms with Crippen molar-refractivity contribution in [2.24, 2.45) is 0 Å². The van der Waals surface area contributed by atoms with Crippen molar-refractivity contribution in [1.82, 2.24) is 0 Å². The van der Waals surface area contributed by atoms with E-state index < -0.39 is 5.97 Å². The molecule has 0 radical (unpaired) electrons. The Morgan fingerprint density at radius 2 is 1.45 bits per heavy atom. The Morgan fingerprint density at radius 1 is 0.828 bits per heavy atom. The molecule has 3 aromatic carbocycles. The molecule has 0 spiro atoms.